The molecule has 6 heteroatoms. The standard InChI is InChI=1S/C10H9Br2N3S/c1-6-7(11)3-4-8(9(6)12)15-10(16-2)14-5-13/h3-4H,1-2H3,(H,14,15). The van der Waals surface area contributed by atoms with Crippen LogP contribution in [0.15, 0.2) is 26.1 Å². The van der Waals surface area contributed by atoms with Crippen molar-refractivity contribution in [2.45, 2.75) is 6.92 Å². The zero-order valence-electron chi connectivity index (χ0n) is 8.71. The molecule has 3 nitrogen and oxygen atoms in total. The molecule has 0 aliphatic rings. The lowest BCUT2D eigenvalue weighted by molar-refractivity contribution is 1.27. The van der Waals surface area contributed by atoms with Gasteiger partial charge in [0.2, 0.25) is 0 Å². The minimum atomic E-state index is 0.574. The molecule has 0 bridgehead atoms. The maximum Gasteiger partial charge on any atom is 0.183 e. The second kappa shape index (κ2) is 6.28. The van der Waals surface area contributed by atoms with Crippen LogP contribution in [-0.2, 0) is 0 Å². The SMILES string of the molecule is CSC(=Nc1ccc(Br)c(C)c1Br)NC#N. The molecule has 0 aromatic heterocycles. The van der Waals surface area contributed by atoms with Gasteiger partial charge in [0.1, 0.15) is 0 Å². The summed E-state index contributed by atoms with van der Waals surface area (Å²) in [7, 11) is 0. The van der Waals surface area contributed by atoms with Crippen molar-refractivity contribution in [3.63, 3.8) is 0 Å². The number of aliphatic imine (C=N–C) groups is 1. The highest BCUT2D eigenvalue weighted by Gasteiger charge is 2.06. The van der Waals surface area contributed by atoms with Crippen molar-refractivity contribution >= 4 is 54.5 Å². The third-order valence-electron chi connectivity index (χ3n) is 1.88. The second-order valence-corrected chi connectivity index (χ2v) is 5.31. The average molecular weight is 363 g/mol. The van der Waals surface area contributed by atoms with E-state index >= 15 is 0 Å². The smallest absolute Gasteiger partial charge is 0.183 e. The van der Waals surface area contributed by atoms with E-state index in [1.54, 1.807) is 0 Å². The van der Waals surface area contributed by atoms with Crippen molar-refractivity contribution in [3.8, 4) is 6.19 Å². The van der Waals surface area contributed by atoms with Gasteiger partial charge in [0.05, 0.1) is 5.69 Å². The number of benzene rings is 1. The van der Waals surface area contributed by atoms with Crippen molar-refractivity contribution in [2.75, 3.05) is 6.26 Å². The molecule has 16 heavy (non-hydrogen) atoms. The number of nitrogens with zero attached hydrogens (tertiary/aromatic N) is 2. The van der Waals surface area contributed by atoms with Gasteiger partial charge in [0.25, 0.3) is 0 Å². The fourth-order valence-electron chi connectivity index (χ4n) is 1.02. The van der Waals surface area contributed by atoms with Crippen molar-refractivity contribution in [1.29, 1.82) is 5.26 Å². The molecule has 0 amide bonds. The fraction of sp³-hybridized carbons (Fsp3) is 0.200. The molecule has 0 aliphatic heterocycles. The lowest BCUT2D eigenvalue weighted by Gasteiger charge is -2.06. The Balaban J connectivity index is 3.15. The number of nitriles is 1. The van der Waals surface area contributed by atoms with E-state index in [1.165, 1.54) is 11.8 Å². The Bertz CT molecular complexity index is 466. The zero-order chi connectivity index (χ0) is 12.1. The van der Waals surface area contributed by atoms with E-state index in [2.05, 4.69) is 42.2 Å². The van der Waals surface area contributed by atoms with Gasteiger partial charge in [-0.1, -0.05) is 27.7 Å². The van der Waals surface area contributed by atoms with Gasteiger partial charge in [-0.15, -0.1) is 0 Å². The summed E-state index contributed by atoms with van der Waals surface area (Å²) in [6, 6.07) is 3.82. The van der Waals surface area contributed by atoms with Crippen molar-refractivity contribution in [2.24, 2.45) is 4.99 Å². The van der Waals surface area contributed by atoms with Crippen LogP contribution in [0.25, 0.3) is 0 Å². The number of halogens is 2. The quantitative estimate of drug-likeness (QED) is 0.356. The molecule has 1 rings (SSSR count). The highest BCUT2D eigenvalue weighted by Crippen LogP contribution is 2.33. The maximum absolute atomic E-state index is 8.54. The molecule has 0 unspecified atom stereocenters. The van der Waals surface area contributed by atoms with Gasteiger partial charge in [0, 0.05) is 8.95 Å². The first-order valence-electron chi connectivity index (χ1n) is 4.32. The second-order valence-electron chi connectivity index (χ2n) is 2.86. The summed E-state index contributed by atoms with van der Waals surface area (Å²) in [6.07, 6.45) is 3.72. The third kappa shape index (κ3) is 3.24. The molecule has 0 aliphatic carbocycles. The van der Waals surface area contributed by atoms with Crippen molar-refractivity contribution in [1.82, 2.24) is 5.32 Å². The number of hydrogen-bond acceptors (Lipinski definition) is 3. The lowest BCUT2D eigenvalue weighted by atomic mass is 10.2. The number of rotatable bonds is 1. The molecule has 0 saturated heterocycles. The molecule has 1 N–H and O–H groups in total. The van der Waals surface area contributed by atoms with Gasteiger partial charge in [-0.05, 0) is 46.8 Å². The maximum atomic E-state index is 8.54. The summed E-state index contributed by atoms with van der Waals surface area (Å²) in [5.41, 5.74) is 1.88. The van der Waals surface area contributed by atoms with Crippen molar-refractivity contribution in [3.05, 3.63) is 26.6 Å². The zero-order valence-corrected chi connectivity index (χ0v) is 12.7. The van der Waals surface area contributed by atoms with Gasteiger partial charge in [-0.25, -0.2) is 4.99 Å². The molecule has 84 valence electrons. The normalized spacial score (nSPS) is 11.1. The Kier molecular flexibility index (Phi) is 5.32. The monoisotopic (exact) mass is 361 g/mol. The average Bonchev–Trinajstić information content (AvgIpc) is 2.29. The predicted octanol–water partition coefficient (Wildman–Crippen LogP) is 3.94. The van der Waals surface area contributed by atoms with Crippen LogP contribution in [0.3, 0.4) is 0 Å². The summed E-state index contributed by atoms with van der Waals surface area (Å²) in [5.74, 6) is 0. The van der Waals surface area contributed by atoms with E-state index in [-0.39, 0.29) is 0 Å². The highest BCUT2D eigenvalue weighted by molar-refractivity contribution is 9.11. The Labute approximate surface area is 116 Å². The molecule has 0 saturated carbocycles. The first-order chi connectivity index (χ1) is 7.60. The Morgan fingerprint density at radius 3 is 2.75 bits per heavy atom. The lowest BCUT2D eigenvalue weighted by Crippen LogP contribution is -2.12. The Hall–Kier alpha value is -0.510. The highest BCUT2D eigenvalue weighted by atomic mass is 79.9. The summed E-state index contributed by atoms with van der Waals surface area (Å²) in [4.78, 5) is 4.35. The number of amidine groups is 1. The molecule has 1 aromatic carbocycles. The first kappa shape index (κ1) is 13.6. The number of hydrogen-bond donors (Lipinski definition) is 1. The van der Waals surface area contributed by atoms with E-state index in [9.17, 15) is 0 Å². The van der Waals surface area contributed by atoms with E-state index in [0.29, 0.717) is 5.17 Å². The molecular weight excluding hydrogens is 354 g/mol. The van der Waals surface area contributed by atoms with Crippen LogP contribution in [0.4, 0.5) is 5.69 Å². The van der Waals surface area contributed by atoms with Crippen LogP contribution in [0.5, 0.6) is 0 Å². The van der Waals surface area contributed by atoms with E-state index in [4.69, 9.17) is 5.26 Å². The summed E-state index contributed by atoms with van der Waals surface area (Å²) < 4.78 is 1.95. The molecule has 0 atom stereocenters. The van der Waals surface area contributed by atoms with E-state index in [0.717, 1.165) is 20.2 Å². The topological polar surface area (TPSA) is 48.2 Å². The minimum Gasteiger partial charge on any atom is -0.271 e. The van der Waals surface area contributed by atoms with E-state index in [1.807, 2.05) is 31.5 Å². The summed E-state index contributed by atoms with van der Waals surface area (Å²) in [6.45, 7) is 1.99. The largest absolute Gasteiger partial charge is 0.271 e. The molecular formula is C10H9Br2N3S. The first-order valence-corrected chi connectivity index (χ1v) is 7.13. The predicted molar refractivity (Wildman–Crippen MR) is 75.9 cm³/mol. The molecule has 0 spiro atoms. The number of thioether (sulfide) groups is 1. The molecule has 1 aromatic rings. The fourth-order valence-corrected chi connectivity index (χ4v) is 2.38. The number of nitrogens with one attached hydrogen (secondary N) is 1. The summed E-state index contributed by atoms with van der Waals surface area (Å²) >= 11 is 8.32. The molecule has 0 heterocycles. The van der Waals surface area contributed by atoms with Crippen LogP contribution in [0, 0.1) is 18.4 Å². The Morgan fingerprint density at radius 1 is 1.50 bits per heavy atom. The van der Waals surface area contributed by atoms with Gasteiger partial charge >= 0.3 is 0 Å². The minimum absolute atomic E-state index is 0.574. The van der Waals surface area contributed by atoms with Gasteiger partial charge < -0.3 is 0 Å². The van der Waals surface area contributed by atoms with Crippen LogP contribution < -0.4 is 5.32 Å². The van der Waals surface area contributed by atoms with Crippen LogP contribution >= 0.6 is 43.6 Å². The van der Waals surface area contributed by atoms with Crippen LogP contribution in [0.2, 0.25) is 0 Å². The van der Waals surface area contributed by atoms with Crippen molar-refractivity contribution < 1.29 is 0 Å². The Morgan fingerprint density at radius 2 is 2.19 bits per heavy atom. The van der Waals surface area contributed by atoms with Gasteiger partial charge in [-0.2, -0.15) is 5.26 Å². The summed E-state index contributed by atoms with van der Waals surface area (Å²) in [5, 5.41) is 11.6. The molecule has 0 radical (unpaired) electrons. The molecule has 0 fully saturated rings. The van der Waals surface area contributed by atoms with Crippen LogP contribution in [0.1, 0.15) is 5.56 Å². The van der Waals surface area contributed by atoms with Crippen LogP contribution in [-0.4, -0.2) is 11.4 Å². The van der Waals surface area contributed by atoms with Gasteiger partial charge in [0.15, 0.2) is 11.4 Å². The third-order valence-corrected chi connectivity index (χ3v) is 4.32. The van der Waals surface area contributed by atoms with E-state index < -0.39 is 0 Å². The van der Waals surface area contributed by atoms with Gasteiger partial charge in [-0.3, -0.25) is 5.32 Å².